The minimum absolute atomic E-state index is 0.208. The van der Waals surface area contributed by atoms with Gasteiger partial charge in [-0.15, -0.1) is 0 Å². The van der Waals surface area contributed by atoms with Gasteiger partial charge >= 0.3 is 0 Å². The molecule has 6 nitrogen and oxygen atoms in total. The molecule has 1 fully saturated rings. The number of hydrogen-bond acceptors (Lipinski definition) is 5. The predicted octanol–water partition coefficient (Wildman–Crippen LogP) is 5.06. The van der Waals surface area contributed by atoms with Crippen LogP contribution in [0.25, 0.3) is 10.9 Å². The number of halogens is 1. The summed E-state index contributed by atoms with van der Waals surface area (Å²) in [5.74, 6) is 0.536. The first-order valence-corrected chi connectivity index (χ1v) is 10.7. The molecule has 3 aromatic heterocycles. The number of hydrogen-bond donors (Lipinski definition) is 1. The van der Waals surface area contributed by atoms with Crippen molar-refractivity contribution in [2.24, 2.45) is 7.05 Å². The first-order chi connectivity index (χ1) is 15.6. The molecule has 0 unspecified atom stereocenters. The molecule has 1 aliphatic rings. The number of aryl methyl sites for hydroxylation is 1. The monoisotopic (exact) mass is 426 g/mol. The topological polar surface area (TPSA) is 69.8 Å². The Kier molecular flexibility index (Phi) is 5.29. The van der Waals surface area contributed by atoms with Crippen molar-refractivity contribution < 1.29 is 4.39 Å². The summed E-state index contributed by atoms with van der Waals surface area (Å²) >= 11 is 0. The van der Waals surface area contributed by atoms with E-state index in [1.807, 2.05) is 37.4 Å². The fourth-order valence-electron chi connectivity index (χ4n) is 4.53. The Morgan fingerprint density at radius 2 is 2.12 bits per heavy atom. The summed E-state index contributed by atoms with van der Waals surface area (Å²) in [5.41, 5.74) is 4.35. The highest BCUT2D eigenvalue weighted by Crippen LogP contribution is 2.34. The van der Waals surface area contributed by atoms with Crippen LogP contribution in [-0.4, -0.2) is 26.0 Å². The van der Waals surface area contributed by atoms with E-state index in [-0.39, 0.29) is 11.9 Å². The summed E-state index contributed by atoms with van der Waals surface area (Å²) in [5, 5.41) is 13.1. The molecule has 5 rings (SSSR count). The number of nitrogens with one attached hydrogen (secondary N) is 1. The third kappa shape index (κ3) is 3.93. The Morgan fingerprint density at radius 3 is 2.94 bits per heavy atom. The molecule has 7 heteroatoms. The van der Waals surface area contributed by atoms with E-state index in [0.717, 1.165) is 59.6 Å². The molecule has 1 aliphatic heterocycles. The number of fused-ring (bicyclic) bond motifs is 1. The van der Waals surface area contributed by atoms with E-state index in [2.05, 4.69) is 32.0 Å². The lowest BCUT2D eigenvalue weighted by molar-refractivity contribution is 0.245. The standard InChI is InChI=1S/C25H23FN6/c1-31-15-17(21-12-18(26)7-10-23(21)31)16-32-11-3-5-24(32)22-4-2-6-25(30-22)29-20-9-8-19(13-27)28-14-20/h2,4,6-10,12,14-15,24H,3,5,11,16H2,1H3,(H,29,30)/t24-/m1/s1. The van der Waals surface area contributed by atoms with Gasteiger partial charge in [0.05, 0.1) is 23.6 Å². The second-order valence-electron chi connectivity index (χ2n) is 8.17. The summed E-state index contributed by atoms with van der Waals surface area (Å²) < 4.78 is 15.9. The number of pyridine rings is 2. The lowest BCUT2D eigenvalue weighted by Gasteiger charge is -2.24. The number of aromatic nitrogens is 3. The SMILES string of the molecule is Cn1cc(CN2CCC[C@@H]2c2cccc(Nc3ccc(C#N)nc3)n2)c2cc(F)ccc21. The summed E-state index contributed by atoms with van der Waals surface area (Å²) in [6.45, 7) is 1.74. The highest BCUT2D eigenvalue weighted by Gasteiger charge is 2.28. The Hall–Kier alpha value is -3.76. The second-order valence-corrected chi connectivity index (χ2v) is 8.17. The van der Waals surface area contributed by atoms with Crippen LogP contribution in [0.4, 0.5) is 15.9 Å². The van der Waals surface area contributed by atoms with Crippen molar-refractivity contribution in [3.8, 4) is 6.07 Å². The lowest BCUT2D eigenvalue weighted by atomic mass is 10.1. The van der Waals surface area contributed by atoms with Crippen molar-refractivity contribution in [3.63, 3.8) is 0 Å². The molecule has 1 saturated heterocycles. The van der Waals surface area contributed by atoms with E-state index in [1.165, 1.54) is 6.07 Å². The third-order valence-electron chi connectivity index (χ3n) is 6.03. The van der Waals surface area contributed by atoms with E-state index in [0.29, 0.717) is 5.69 Å². The van der Waals surface area contributed by atoms with E-state index in [9.17, 15) is 4.39 Å². The van der Waals surface area contributed by atoms with Gasteiger partial charge in [-0.2, -0.15) is 5.26 Å². The average Bonchev–Trinajstić information content (AvgIpc) is 3.39. The average molecular weight is 426 g/mol. The molecule has 1 aromatic carbocycles. The van der Waals surface area contributed by atoms with Gasteiger partial charge in [0.25, 0.3) is 0 Å². The normalized spacial score (nSPS) is 16.3. The molecule has 0 saturated carbocycles. The maximum atomic E-state index is 13.9. The van der Waals surface area contributed by atoms with Gasteiger partial charge in [-0.05, 0) is 67.4 Å². The van der Waals surface area contributed by atoms with E-state index >= 15 is 0 Å². The van der Waals surface area contributed by atoms with Crippen molar-refractivity contribution >= 4 is 22.4 Å². The fraction of sp³-hybridized carbons (Fsp3) is 0.240. The van der Waals surface area contributed by atoms with Crippen molar-refractivity contribution in [2.45, 2.75) is 25.4 Å². The maximum Gasteiger partial charge on any atom is 0.140 e. The highest BCUT2D eigenvalue weighted by atomic mass is 19.1. The van der Waals surface area contributed by atoms with Crippen molar-refractivity contribution in [1.29, 1.82) is 5.26 Å². The van der Waals surface area contributed by atoms with Gasteiger partial charge in [0, 0.05) is 30.7 Å². The predicted molar refractivity (Wildman–Crippen MR) is 122 cm³/mol. The van der Waals surface area contributed by atoms with E-state index < -0.39 is 0 Å². The van der Waals surface area contributed by atoms with Gasteiger partial charge < -0.3 is 9.88 Å². The first-order valence-electron chi connectivity index (χ1n) is 10.7. The van der Waals surface area contributed by atoms with E-state index in [1.54, 1.807) is 18.3 Å². The molecular formula is C25H23FN6. The molecule has 1 atom stereocenters. The number of anilines is 2. The summed E-state index contributed by atoms with van der Waals surface area (Å²) in [6, 6.07) is 16.7. The summed E-state index contributed by atoms with van der Waals surface area (Å²) in [6.07, 6.45) is 5.87. The van der Waals surface area contributed by atoms with Crippen LogP contribution >= 0.6 is 0 Å². The lowest BCUT2D eigenvalue weighted by Crippen LogP contribution is -2.23. The summed E-state index contributed by atoms with van der Waals surface area (Å²) in [4.78, 5) is 11.4. The van der Waals surface area contributed by atoms with Crippen LogP contribution in [0.1, 0.15) is 35.8 Å². The highest BCUT2D eigenvalue weighted by molar-refractivity contribution is 5.84. The minimum atomic E-state index is -0.208. The quantitative estimate of drug-likeness (QED) is 0.483. The van der Waals surface area contributed by atoms with Crippen LogP contribution in [0, 0.1) is 17.1 Å². The minimum Gasteiger partial charge on any atom is -0.350 e. The van der Waals surface area contributed by atoms with Crippen LogP contribution < -0.4 is 5.32 Å². The first kappa shape index (κ1) is 20.2. The van der Waals surface area contributed by atoms with Gasteiger partial charge in [-0.25, -0.2) is 14.4 Å². The molecule has 0 radical (unpaired) electrons. The van der Waals surface area contributed by atoms with Gasteiger partial charge in [-0.3, -0.25) is 4.90 Å². The molecule has 0 aliphatic carbocycles. The second kappa shape index (κ2) is 8.40. The van der Waals surface area contributed by atoms with Gasteiger partial charge in [0.1, 0.15) is 23.4 Å². The number of rotatable bonds is 5. The Morgan fingerprint density at radius 1 is 1.22 bits per heavy atom. The number of likely N-dealkylation sites (tertiary alicyclic amines) is 1. The fourth-order valence-corrected chi connectivity index (χ4v) is 4.53. The number of nitriles is 1. The largest absolute Gasteiger partial charge is 0.350 e. The van der Waals surface area contributed by atoms with Crippen LogP contribution in [0.3, 0.4) is 0 Å². The van der Waals surface area contributed by atoms with Crippen LogP contribution in [-0.2, 0) is 13.6 Å². The zero-order chi connectivity index (χ0) is 22.1. The van der Waals surface area contributed by atoms with Crippen molar-refractivity contribution in [1.82, 2.24) is 19.4 Å². The molecule has 4 heterocycles. The summed E-state index contributed by atoms with van der Waals surface area (Å²) in [7, 11) is 2.00. The zero-order valence-corrected chi connectivity index (χ0v) is 17.8. The Labute approximate surface area is 186 Å². The molecule has 1 N–H and O–H groups in total. The Balaban J connectivity index is 1.37. The van der Waals surface area contributed by atoms with Gasteiger partial charge in [0.15, 0.2) is 0 Å². The van der Waals surface area contributed by atoms with Gasteiger partial charge in [0.2, 0.25) is 0 Å². The Bertz CT molecular complexity index is 1300. The van der Waals surface area contributed by atoms with E-state index in [4.69, 9.17) is 10.2 Å². The number of nitrogens with zero attached hydrogens (tertiary/aromatic N) is 5. The van der Waals surface area contributed by atoms with Gasteiger partial charge in [-0.1, -0.05) is 6.07 Å². The smallest absolute Gasteiger partial charge is 0.140 e. The van der Waals surface area contributed by atoms with Crippen LogP contribution in [0.5, 0.6) is 0 Å². The zero-order valence-electron chi connectivity index (χ0n) is 17.8. The van der Waals surface area contributed by atoms with Crippen molar-refractivity contribution in [3.05, 3.63) is 83.7 Å². The molecule has 0 spiro atoms. The van der Waals surface area contributed by atoms with Crippen molar-refractivity contribution in [2.75, 3.05) is 11.9 Å². The third-order valence-corrected chi connectivity index (χ3v) is 6.03. The molecule has 4 aromatic rings. The molecule has 0 amide bonds. The van der Waals surface area contributed by atoms with Crippen LogP contribution in [0.15, 0.2) is 60.9 Å². The van der Waals surface area contributed by atoms with Crippen LogP contribution in [0.2, 0.25) is 0 Å². The number of benzene rings is 1. The molecular weight excluding hydrogens is 403 g/mol. The molecule has 160 valence electrons. The molecule has 32 heavy (non-hydrogen) atoms. The maximum absolute atomic E-state index is 13.9. The molecule has 0 bridgehead atoms.